The summed E-state index contributed by atoms with van der Waals surface area (Å²) in [6.45, 7) is 3.01. The number of unbranched alkanes of at least 4 members (excludes halogenated alkanes) is 1. The first-order valence-corrected chi connectivity index (χ1v) is 12.3. The van der Waals surface area contributed by atoms with E-state index in [0.717, 1.165) is 74.3 Å². The third-order valence-electron chi connectivity index (χ3n) is 7.77. The van der Waals surface area contributed by atoms with Crippen molar-refractivity contribution < 1.29 is 9.59 Å². The number of aryl methyl sites for hydroxylation is 2. The van der Waals surface area contributed by atoms with Crippen LogP contribution in [-0.2, 0) is 26.9 Å². The molecule has 2 aromatic carbocycles. The van der Waals surface area contributed by atoms with Gasteiger partial charge in [0.05, 0.1) is 0 Å². The number of aromatic nitrogens is 2. The van der Waals surface area contributed by atoms with Gasteiger partial charge < -0.3 is 18.9 Å². The maximum atomic E-state index is 13.3. The normalized spacial score (nSPS) is 15.9. The first-order chi connectivity index (χ1) is 16.6. The molecule has 0 bridgehead atoms. The first kappa shape index (κ1) is 21.0. The van der Waals surface area contributed by atoms with Gasteiger partial charge >= 0.3 is 0 Å². The maximum Gasteiger partial charge on any atom is 0.270 e. The predicted molar refractivity (Wildman–Crippen MR) is 134 cm³/mol. The summed E-state index contributed by atoms with van der Waals surface area (Å²) in [5.74, 6) is 0.267. The Balaban J connectivity index is 1.10. The van der Waals surface area contributed by atoms with E-state index in [4.69, 9.17) is 0 Å². The molecular weight excluding hydrogens is 424 g/mol. The van der Waals surface area contributed by atoms with Crippen LogP contribution < -0.4 is 0 Å². The van der Waals surface area contributed by atoms with E-state index in [1.165, 1.54) is 21.9 Å². The van der Waals surface area contributed by atoms with Crippen LogP contribution in [0.15, 0.2) is 48.5 Å². The highest BCUT2D eigenvalue weighted by Crippen LogP contribution is 2.31. The van der Waals surface area contributed by atoms with Gasteiger partial charge in [-0.3, -0.25) is 9.59 Å². The highest BCUT2D eigenvalue weighted by molar-refractivity contribution is 6.03. The highest BCUT2D eigenvalue weighted by Gasteiger charge is 2.31. The fourth-order valence-corrected chi connectivity index (χ4v) is 6.02. The molecule has 0 spiro atoms. The molecule has 4 heterocycles. The quantitative estimate of drug-likeness (QED) is 0.426. The Hall–Kier alpha value is -3.54. The fourth-order valence-electron chi connectivity index (χ4n) is 6.02. The number of fused-ring (bicyclic) bond motifs is 6. The van der Waals surface area contributed by atoms with Crippen molar-refractivity contribution in [2.24, 2.45) is 14.1 Å². The second-order valence-electron chi connectivity index (χ2n) is 9.60. The van der Waals surface area contributed by atoms with Crippen LogP contribution in [0.25, 0.3) is 21.8 Å². The molecule has 174 valence electrons. The van der Waals surface area contributed by atoms with Crippen molar-refractivity contribution in [1.29, 1.82) is 0 Å². The lowest BCUT2D eigenvalue weighted by Crippen LogP contribution is -2.40. The van der Waals surface area contributed by atoms with Crippen LogP contribution in [0.2, 0.25) is 0 Å². The van der Waals surface area contributed by atoms with Crippen LogP contribution in [0, 0.1) is 0 Å². The lowest BCUT2D eigenvalue weighted by molar-refractivity contribution is 0.0696. The molecule has 2 amide bonds. The summed E-state index contributed by atoms with van der Waals surface area (Å²) in [7, 11) is 3.98. The number of benzene rings is 2. The third kappa shape index (κ3) is 3.08. The van der Waals surface area contributed by atoms with E-state index >= 15 is 0 Å². The van der Waals surface area contributed by atoms with Gasteiger partial charge in [-0.2, -0.15) is 0 Å². The minimum absolute atomic E-state index is 0.133. The Morgan fingerprint density at radius 3 is 1.50 bits per heavy atom. The molecule has 0 aliphatic carbocycles. The number of amides is 2. The van der Waals surface area contributed by atoms with Gasteiger partial charge in [0, 0.05) is 62.1 Å². The molecule has 0 radical (unpaired) electrons. The largest absolute Gasteiger partial charge is 0.339 e. The summed E-state index contributed by atoms with van der Waals surface area (Å²) in [6.07, 6.45) is 3.60. The number of nitrogens with zero attached hydrogens (tertiary/aromatic N) is 4. The number of carbonyl (C=O) groups is 2. The lowest BCUT2D eigenvalue weighted by atomic mass is 10.0. The molecule has 2 aliphatic heterocycles. The van der Waals surface area contributed by atoms with Crippen molar-refractivity contribution in [3.63, 3.8) is 0 Å². The molecule has 6 nitrogen and oxygen atoms in total. The summed E-state index contributed by atoms with van der Waals surface area (Å²) in [5.41, 5.74) is 6.29. The number of para-hydroxylation sites is 2. The van der Waals surface area contributed by atoms with Gasteiger partial charge in [0.25, 0.3) is 11.8 Å². The minimum Gasteiger partial charge on any atom is -0.339 e. The molecule has 0 unspecified atom stereocenters. The van der Waals surface area contributed by atoms with Gasteiger partial charge in [-0.15, -0.1) is 0 Å². The third-order valence-corrected chi connectivity index (χ3v) is 7.77. The minimum atomic E-state index is 0.133. The van der Waals surface area contributed by atoms with E-state index in [2.05, 4.69) is 24.3 Å². The van der Waals surface area contributed by atoms with Crippen LogP contribution in [0.3, 0.4) is 0 Å². The summed E-state index contributed by atoms with van der Waals surface area (Å²) >= 11 is 0. The average Bonchev–Trinajstić information content (AvgIpc) is 3.32. The maximum absolute atomic E-state index is 13.3. The lowest BCUT2D eigenvalue weighted by Gasteiger charge is -2.30. The molecule has 4 aromatic rings. The molecule has 2 aliphatic rings. The van der Waals surface area contributed by atoms with E-state index in [1.807, 2.05) is 57.3 Å². The van der Waals surface area contributed by atoms with Gasteiger partial charge in [-0.25, -0.2) is 0 Å². The van der Waals surface area contributed by atoms with Crippen molar-refractivity contribution in [3.05, 3.63) is 71.0 Å². The van der Waals surface area contributed by atoms with Crippen molar-refractivity contribution in [2.45, 2.75) is 25.7 Å². The van der Waals surface area contributed by atoms with Crippen molar-refractivity contribution in [1.82, 2.24) is 18.9 Å². The molecule has 34 heavy (non-hydrogen) atoms. The zero-order valence-corrected chi connectivity index (χ0v) is 19.9. The Labute approximate surface area is 199 Å². The summed E-state index contributed by atoms with van der Waals surface area (Å²) < 4.78 is 4.10. The molecule has 0 saturated heterocycles. The summed E-state index contributed by atoms with van der Waals surface area (Å²) in [4.78, 5) is 30.5. The van der Waals surface area contributed by atoms with Gasteiger partial charge in [-0.1, -0.05) is 36.4 Å². The molecular formula is C28H30N4O2. The van der Waals surface area contributed by atoms with Crippen molar-refractivity contribution in [2.75, 3.05) is 26.2 Å². The SMILES string of the molecule is Cn1c2c(c3ccccc31)CCN(CCCCN1CCc3c(n(C)c4ccccc34)C1=O)C2=O. The molecule has 0 fully saturated rings. The smallest absolute Gasteiger partial charge is 0.270 e. The highest BCUT2D eigenvalue weighted by atomic mass is 16.2. The average molecular weight is 455 g/mol. The molecule has 2 aromatic heterocycles. The topological polar surface area (TPSA) is 50.5 Å². The second-order valence-corrected chi connectivity index (χ2v) is 9.60. The number of hydrogen-bond donors (Lipinski definition) is 0. The number of rotatable bonds is 5. The fraction of sp³-hybridized carbons (Fsp3) is 0.357. The Morgan fingerprint density at radius 1 is 0.647 bits per heavy atom. The van der Waals surface area contributed by atoms with Crippen LogP contribution in [-0.4, -0.2) is 56.9 Å². The molecule has 6 rings (SSSR count). The Kier molecular flexibility index (Phi) is 4.97. The summed E-state index contributed by atoms with van der Waals surface area (Å²) in [5, 5.41) is 2.40. The van der Waals surface area contributed by atoms with Crippen LogP contribution in [0.5, 0.6) is 0 Å². The van der Waals surface area contributed by atoms with Crippen LogP contribution in [0.1, 0.15) is 44.9 Å². The zero-order valence-electron chi connectivity index (χ0n) is 19.9. The first-order valence-electron chi connectivity index (χ1n) is 12.3. The number of carbonyl (C=O) groups excluding carboxylic acids is 2. The number of hydrogen-bond acceptors (Lipinski definition) is 2. The van der Waals surface area contributed by atoms with E-state index in [9.17, 15) is 9.59 Å². The van der Waals surface area contributed by atoms with Gasteiger partial charge in [0.15, 0.2) is 0 Å². The molecule has 0 saturated carbocycles. The monoisotopic (exact) mass is 454 g/mol. The predicted octanol–water partition coefficient (Wildman–Crippen LogP) is 4.15. The second kappa shape index (κ2) is 8.05. The molecule has 0 atom stereocenters. The molecule has 6 heteroatoms. The van der Waals surface area contributed by atoms with Gasteiger partial charge in [0.1, 0.15) is 11.4 Å². The van der Waals surface area contributed by atoms with Gasteiger partial charge in [-0.05, 0) is 48.9 Å². The van der Waals surface area contributed by atoms with E-state index in [-0.39, 0.29) is 11.8 Å². The van der Waals surface area contributed by atoms with Gasteiger partial charge in [0.2, 0.25) is 0 Å². The Bertz CT molecular complexity index is 1330. The zero-order chi connectivity index (χ0) is 23.4. The Morgan fingerprint density at radius 2 is 1.06 bits per heavy atom. The summed E-state index contributed by atoms with van der Waals surface area (Å²) in [6, 6.07) is 16.6. The van der Waals surface area contributed by atoms with Crippen LogP contribution in [0.4, 0.5) is 0 Å². The van der Waals surface area contributed by atoms with E-state index < -0.39 is 0 Å². The van der Waals surface area contributed by atoms with Crippen LogP contribution >= 0.6 is 0 Å². The van der Waals surface area contributed by atoms with Crippen molar-refractivity contribution in [3.8, 4) is 0 Å². The van der Waals surface area contributed by atoms with E-state index in [0.29, 0.717) is 0 Å². The van der Waals surface area contributed by atoms with Crippen molar-refractivity contribution >= 4 is 33.6 Å². The van der Waals surface area contributed by atoms with E-state index in [1.54, 1.807) is 0 Å². The molecule has 0 N–H and O–H groups in total. The standard InChI is InChI=1S/C28H30N4O2/c1-29-23-11-5-3-9-19(23)21-13-17-31(27(33)25(21)29)15-7-8-16-32-18-14-22-20-10-4-6-12-24(20)30(2)26(22)28(32)34/h3-6,9-12H,7-8,13-18H2,1-2H3.